The lowest BCUT2D eigenvalue weighted by Crippen LogP contribution is -2.40. The van der Waals surface area contributed by atoms with Gasteiger partial charge in [0.1, 0.15) is 11.8 Å². The number of H-pyrrole nitrogens is 1. The van der Waals surface area contributed by atoms with Gasteiger partial charge in [-0.15, -0.1) is 5.10 Å². The van der Waals surface area contributed by atoms with Gasteiger partial charge in [-0.2, -0.15) is 0 Å². The molecular weight excluding hydrogens is 452 g/mol. The summed E-state index contributed by atoms with van der Waals surface area (Å²) in [5.74, 6) is 1.48. The fraction of sp³-hybridized carbons (Fsp3) is 0.429. The molecule has 1 aliphatic carbocycles. The molecular formula is C28H34N6O2. The minimum atomic E-state index is -0.361. The number of hydrogen-bond acceptors (Lipinski definition) is 6. The minimum absolute atomic E-state index is 0.0987. The average molecular weight is 487 g/mol. The maximum Gasteiger partial charge on any atom is 0.253 e. The summed E-state index contributed by atoms with van der Waals surface area (Å²) in [6.07, 6.45) is 6.83. The van der Waals surface area contributed by atoms with E-state index in [1.54, 1.807) is 7.11 Å². The van der Waals surface area contributed by atoms with Crippen molar-refractivity contribution < 1.29 is 4.74 Å². The Hall–Kier alpha value is -3.52. The quantitative estimate of drug-likeness (QED) is 0.395. The van der Waals surface area contributed by atoms with Crippen molar-refractivity contribution in [3.05, 3.63) is 81.4 Å². The van der Waals surface area contributed by atoms with Crippen molar-refractivity contribution in [2.75, 3.05) is 14.2 Å². The van der Waals surface area contributed by atoms with Crippen molar-refractivity contribution in [1.29, 1.82) is 0 Å². The highest BCUT2D eigenvalue weighted by molar-refractivity contribution is 5.80. The van der Waals surface area contributed by atoms with Crippen LogP contribution in [-0.4, -0.2) is 50.3 Å². The molecule has 1 atom stereocenters. The van der Waals surface area contributed by atoms with Crippen LogP contribution in [0.4, 0.5) is 0 Å². The zero-order valence-corrected chi connectivity index (χ0v) is 21.3. The SMILES string of the molecule is CCc1ccc2[nH]c(=O)c(C(c3nnnn3Cc3ccc(OC)cc3)N(C)C3CCCCC3)cc2c1. The van der Waals surface area contributed by atoms with Crippen molar-refractivity contribution in [3.63, 3.8) is 0 Å². The third-order valence-corrected chi connectivity index (χ3v) is 7.49. The first kappa shape index (κ1) is 24.2. The molecule has 8 nitrogen and oxygen atoms in total. The lowest BCUT2D eigenvalue weighted by molar-refractivity contribution is 0.149. The molecule has 0 amide bonds. The molecule has 0 saturated heterocycles. The smallest absolute Gasteiger partial charge is 0.253 e. The van der Waals surface area contributed by atoms with E-state index in [1.165, 1.54) is 24.8 Å². The number of nitrogens with zero attached hydrogens (tertiary/aromatic N) is 5. The summed E-state index contributed by atoms with van der Waals surface area (Å²) in [4.78, 5) is 18.9. The second-order valence-electron chi connectivity index (χ2n) is 9.73. The number of rotatable bonds is 8. The van der Waals surface area contributed by atoms with Crippen molar-refractivity contribution in [3.8, 4) is 5.75 Å². The molecule has 2 aromatic carbocycles. The van der Waals surface area contributed by atoms with Crippen LogP contribution in [0.5, 0.6) is 5.75 Å². The Morgan fingerprint density at radius 3 is 2.56 bits per heavy atom. The van der Waals surface area contributed by atoms with Gasteiger partial charge in [-0.25, -0.2) is 4.68 Å². The van der Waals surface area contributed by atoms with Crippen molar-refractivity contribution in [1.82, 2.24) is 30.1 Å². The number of tetrazole rings is 1. The number of fused-ring (bicyclic) bond motifs is 1. The fourth-order valence-corrected chi connectivity index (χ4v) is 5.36. The Balaban J connectivity index is 1.59. The number of ether oxygens (including phenoxy) is 1. The number of pyridine rings is 1. The predicted octanol–water partition coefficient (Wildman–Crippen LogP) is 4.49. The van der Waals surface area contributed by atoms with Crippen LogP contribution >= 0.6 is 0 Å². The highest BCUT2D eigenvalue weighted by Gasteiger charge is 2.33. The zero-order chi connectivity index (χ0) is 25.1. The molecule has 8 heteroatoms. The van der Waals surface area contributed by atoms with Crippen LogP contribution < -0.4 is 10.3 Å². The average Bonchev–Trinajstić information content (AvgIpc) is 3.37. The van der Waals surface area contributed by atoms with E-state index >= 15 is 0 Å². The summed E-state index contributed by atoms with van der Waals surface area (Å²) in [5.41, 5.74) is 3.72. The van der Waals surface area contributed by atoms with Gasteiger partial charge in [-0.1, -0.05) is 44.4 Å². The summed E-state index contributed by atoms with van der Waals surface area (Å²) in [5, 5.41) is 13.9. The Morgan fingerprint density at radius 2 is 1.83 bits per heavy atom. The standard InChI is InChI=1S/C28H34N6O2/c1-4-19-12-15-25-21(16-19)17-24(28(35)29-25)26(33(2)22-8-6-5-7-9-22)27-30-31-32-34(27)18-20-10-13-23(36-3)14-11-20/h10-17,22,26H,4-9,18H2,1-3H3,(H,29,35). The Kier molecular flexibility index (Phi) is 7.13. The van der Waals surface area contributed by atoms with Gasteiger partial charge < -0.3 is 9.72 Å². The van der Waals surface area contributed by atoms with Crippen LogP contribution in [0.25, 0.3) is 10.9 Å². The van der Waals surface area contributed by atoms with Crippen LogP contribution in [0.3, 0.4) is 0 Å². The van der Waals surface area contributed by atoms with Gasteiger partial charge in [0, 0.05) is 17.1 Å². The number of hydrogen-bond donors (Lipinski definition) is 1. The molecule has 0 spiro atoms. The second-order valence-corrected chi connectivity index (χ2v) is 9.73. The van der Waals surface area contributed by atoms with E-state index in [0.29, 0.717) is 24.0 Å². The molecule has 1 saturated carbocycles. The van der Waals surface area contributed by atoms with Crippen LogP contribution in [0.15, 0.2) is 53.3 Å². The van der Waals surface area contributed by atoms with Crippen LogP contribution in [0.1, 0.15) is 67.6 Å². The maximum absolute atomic E-state index is 13.5. The molecule has 188 valence electrons. The molecule has 1 N–H and O–H groups in total. The van der Waals surface area contributed by atoms with Crippen molar-refractivity contribution in [2.24, 2.45) is 0 Å². The molecule has 36 heavy (non-hydrogen) atoms. The summed E-state index contributed by atoms with van der Waals surface area (Å²) in [6, 6.07) is 16.2. The Morgan fingerprint density at radius 1 is 1.08 bits per heavy atom. The summed E-state index contributed by atoms with van der Waals surface area (Å²) in [7, 11) is 3.77. The van der Waals surface area contributed by atoms with Crippen LogP contribution in [0, 0.1) is 0 Å². The largest absolute Gasteiger partial charge is 0.497 e. The van der Waals surface area contributed by atoms with Gasteiger partial charge in [0.05, 0.1) is 13.7 Å². The van der Waals surface area contributed by atoms with Gasteiger partial charge in [-0.05, 0) is 83.6 Å². The lowest BCUT2D eigenvalue weighted by Gasteiger charge is -2.36. The molecule has 0 radical (unpaired) electrons. The number of aryl methyl sites for hydroxylation is 1. The van der Waals surface area contributed by atoms with Gasteiger partial charge >= 0.3 is 0 Å². The van der Waals surface area contributed by atoms with Gasteiger partial charge in [-0.3, -0.25) is 9.69 Å². The Labute approximate surface area is 211 Å². The highest BCUT2D eigenvalue weighted by atomic mass is 16.5. The van der Waals surface area contributed by atoms with E-state index < -0.39 is 0 Å². The molecule has 5 rings (SSSR count). The predicted molar refractivity (Wildman–Crippen MR) is 140 cm³/mol. The lowest BCUT2D eigenvalue weighted by atomic mass is 9.92. The first-order chi connectivity index (χ1) is 17.6. The molecule has 2 heterocycles. The van der Waals surface area contributed by atoms with Crippen LogP contribution in [-0.2, 0) is 13.0 Å². The summed E-state index contributed by atoms with van der Waals surface area (Å²) in [6.45, 7) is 2.65. The number of aromatic amines is 1. The summed E-state index contributed by atoms with van der Waals surface area (Å²) >= 11 is 0. The molecule has 1 fully saturated rings. The molecule has 1 aliphatic rings. The molecule has 4 aromatic rings. The van der Waals surface area contributed by atoms with Gasteiger partial charge in [0.25, 0.3) is 5.56 Å². The third kappa shape index (κ3) is 4.91. The zero-order valence-electron chi connectivity index (χ0n) is 21.3. The first-order valence-corrected chi connectivity index (χ1v) is 12.8. The van der Waals surface area contributed by atoms with E-state index in [1.807, 2.05) is 41.1 Å². The number of aromatic nitrogens is 5. The molecule has 1 unspecified atom stereocenters. The molecule has 0 aliphatic heterocycles. The van der Waals surface area contributed by atoms with E-state index in [-0.39, 0.29) is 11.6 Å². The van der Waals surface area contributed by atoms with Gasteiger partial charge in [0.15, 0.2) is 5.82 Å². The normalized spacial score (nSPS) is 15.4. The third-order valence-electron chi connectivity index (χ3n) is 7.49. The van der Waals surface area contributed by atoms with E-state index in [9.17, 15) is 4.79 Å². The van der Waals surface area contributed by atoms with Crippen LogP contribution in [0.2, 0.25) is 0 Å². The minimum Gasteiger partial charge on any atom is -0.497 e. The second kappa shape index (κ2) is 10.6. The van der Waals surface area contributed by atoms with E-state index in [4.69, 9.17) is 4.74 Å². The Bertz CT molecular complexity index is 1370. The van der Waals surface area contributed by atoms with Crippen molar-refractivity contribution >= 4 is 10.9 Å². The molecule has 0 bridgehead atoms. The summed E-state index contributed by atoms with van der Waals surface area (Å²) < 4.78 is 7.11. The number of benzene rings is 2. The number of nitrogens with one attached hydrogen (secondary N) is 1. The first-order valence-electron chi connectivity index (χ1n) is 12.8. The number of methoxy groups -OCH3 is 1. The van der Waals surface area contributed by atoms with E-state index in [2.05, 4.69) is 51.5 Å². The topological polar surface area (TPSA) is 88.9 Å². The highest BCUT2D eigenvalue weighted by Crippen LogP contribution is 2.32. The maximum atomic E-state index is 13.5. The van der Waals surface area contributed by atoms with Gasteiger partial charge in [0.2, 0.25) is 0 Å². The molecule has 2 aromatic heterocycles. The monoisotopic (exact) mass is 486 g/mol. The van der Waals surface area contributed by atoms with Crippen molar-refractivity contribution in [2.45, 2.75) is 64.1 Å². The van der Waals surface area contributed by atoms with E-state index in [0.717, 1.165) is 41.5 Å². The fourth-order valence-electron chi connectivity index (χ4n) is 5.36.